The number of aromatic nitrogens is 2. The molecule has 0 aliphatic carbocycles. The Morgan fingerprint density at radius 3 is 2.60 bits per heavy atom. The first kappa shape index (κ1) is 6.81. The average molecular weight is 157 g/mol. The van der Waals surface area contributed by atoms with Crippen molar-refractivity contribution in [2.24, 2.45) is 0 Å². The van der Waals surface area contributed by atoms with Gasteiger partial charge in [-0.3, -0.25) is 0 Å². The zero-order valence-electron chi connectivity index (χ0n) is 5.11. The lowest BCUT2D eigenvalue weighted by molar-refractivity contribution is 0.929. The average Bonchev–Trinajstić information content (AvgIpc) is 1.82. The van der Waals surface area contributed by atoms with Crippen molar-refractivity contribution in [1.29, 1.82) is 0 Å². The second-order valence-corrected chi connectivity index (χ2v) is 2.12. The first-order valence-electron chi connectivity index (χ1n) is 2.51. The fourth-order valence-electron chi connectivity index (χ4n) is 0.528. The Morgan fingerprint density at radius 1 is 1.50 bits per heavy atom. The Hall–Kier alpha value is -1.30. The molecular formula is C4H7N5S. The van der Waals surface area contributed by atoms with Crippen LogP contribution in [-0.2, 0) is 0 Å². The number of anilines is 2. The number of nitrogens with zero attached hydrogens (tertiary/aromatic N) is 2. The highest BCUT2D eigenvalue weighted by molar-refractivity contribution is 7.71. The lowest BCUT2D eigenvalue weighted by Crippen LogP contribution is -2.16. The molecule has 1 aromatic rings. The Balaban J connectivity index is 3.46. The highest BCUT2D eigenvalue weighted by Gasteiger charge is 1.94. The molecule has 0 saturated heterocycles. The van der Waals surface area contributed by atoms with E-state index in [1.54, 1.807) is 0 Å². The van der Waals surface area contributed by atoms with Crippen LogP contribution in [-0.4, -0.2) is 9.66 Å². The summed E-state index contributed by atoms with van der Waals surface area (Å²) in [6.45, 7) is 0. The van der Waals surface area contributed by atoms with E-state index in [0.717, 1.165) is 4.68 Å². The van der Waals surface area contributed by atoms with Crippen LogP contribution in [0, 0.1) is 4.77 Å². The maximum atomic E-state index is 5.37. The van der Waals surface area contributed by atoms with Crippen LogP contribution in [0.25, 0.3) is 0 Å². The van der Waals surface area contributed by atoms with Gasteiger partial charge in [-0.1, -0.05) is 0 Å². The second-order valence-electron chi connectivity index (χ2n) is 1.76. The Labute approximate surface area is 62.4 Å². The summed E-state index contributed by atoms with van der Waals surface area (Å²) in [5, 5.41) is 0. The number of nitrogens with two attached hydrogens (primary N) is 3. The third kappa shape index (κ3) is 1.01. The smallest absolute Gasteiger partial charge is 0.221 e. The van der Waals surface area contributed by atoms with Crippen molar-refractivity contribution in [3.05, 3.63) is 10.8 Å². The van der Waals surface area contributed by atoms with Crippen LogP contribution in [0.2, 0.25) is 0 Å². The molecule has 0 unspecified atom stereocenters. The zero-order chi connectivity index (χ0) is 7.72. The normalized spacial score (nSPS) is 9.60. The lowest BCUT2D eigenvalue weighted by Gasteiger charge is -2.02. The fraction of sp³-hybridized carbons (Fsp3) is 0. The molecule has 0 spiro atoms. The monoisotopic (exact) mass is 157 g/mol. The minimum atomic E-state index is 0.178. The predicted molar refractivity (Wildman–Crippen MR) is 42.0 cm³/mol. The van der Waals surface area contributed by atoms with Crippen LogP contribution in [0.4, 0.5) is 11.6 Å². The van der Waals surface area contributed by atoms with Crippen molar-refractivity contribution >= 4 is 23.9 Å². The van der Waals surface area contributed by atoms with Crippen LogP contribution < -0.4 is 17.3 Å². The van der Waals surface area contributed by atoms with Gasteiger partial charge in [0.2, 0.25) is 4.77 Å². The van der Waals surface area contributed by atoms with E-state index in [4.69, 9.17) is 29.5 Å². The largest absolute Gasteiger partial charge is 0.384 e. The molecule has 0 fully saturated rings. The molecule has 0 aliphatic heterocycles. The molecule has 10 heavy (non-hydrogen) atoms. The molecule has 0 bridgehead atoms. The van der Waals surface area contributed by atoms with Crippen LogP contribution in [0.1, 0.15) is 0 Å². The first-order chi connectivity index (χ1) is 4.61. The van der Waals surface area contributed by atoms with E-state index in [1.807, 2.05) is 0 Å². The molecule has 1 rings (SSSR count). The quantitative estimate of drug-likeness (QED) is 0.348. The molecule has 5 nitrogen and oxygen atoms in total. The minimum Gasteiger partial charge on any atom is -0.384 e. The van der Waals surface area contributed by atoms with E-state index in [1.165, 1.54) is 6.07 Å². The molecule has 6 N–H and O–H groups in total. The molecule has 0 radical (unpaired) electrons. The number of hydrogen-bond acceptors (Lipinski definition) is 5. The number of rotatable bonds is 0. The van der Waals surface area contributed by atoms with Crippen molar-refractivity contribution in [1.82, 2.24) is 9.66 Å². The van der Waals surface area contributed by atoms with E-state index < -0.39 is 0 Å². The number of nitrogen functional groups attached to an aromatic ring is 3. The molecular weight excluding hydrogens is 150 g/mol. The summed E-state index contributed by atoms with van der Waals surface area (Å²) in [5.41, 5.74) is 10.7. The summed E-state index contributed by atoms with van der Waals surface area (Å²) in [4.78, 5) is 3.68. The SMILES string of the molecule is Nc1cc(N)n(N)c(=S)n1. The van der Waals surface area contributed by atoms with Gasteiger partial charge in [0.25, 0.3) is 0 Å². The molecule has 0 amide bonds. The van der Waals surface area contributed by atoms with Gasteiger partial charge in [0.05, 0.1) is 0 Å². The third-order valence-corrected chi connectivity index (χ3v) is 1.29. The van der Waals surface area contributed by atoms with Crippen LogP contribution in [0.5, 0.6) is 0 Å². The van der Waals surface area contributed by atoms with E-state index >= 15 is 0 Å². The molecule has 0 atom stereocenters. The molecule has 54 valence electrons. The van der Waals surface area contributed by atoms with Gasteiger partial charge in [0, 0.05) is 6.07 Å². The Bertz CT molecular complexity index is 303. The van der Waals surface area contributed by atoms with Crippen molar-refractivity contribution in [3.8, 4) is 0 Å². The van der Waals surface area contributed by atoms with Crippen LogP contribution in [0.15, 0.2) is 6.07 Å². The second kappa shape index (κ2) is 2.14. The van der Waals surface area contributed by atoms with Crippen LogP contribution in [0.3, 0.4) is 0 Å². The van der Waals surface area contributed by atoms with Gasteiger partial charge in [-0.2, -0.15) is 0 Å². The van der Waals surface area contributed by atoms with Gasteiger partial charge >= 0.3 is 0 Å². The topological polar surface area (TPSA) is 95.9 Å². The van der Waals surface area contributed by atoms with Crippen molar-refractivity contribution < 1.29 is 0 Å². The fourth-order valence-corrected chi connectivity index (χ4v) is 0.739. The van der Waals surface area contributed by atoms with E-state index in [-0.39, 0.29) is 10.6 Å². The standard InChI is InChI=1S/C4H7N5S/c5-2-1-3(6)9(7)4(10)8-2/h1H,6-7H2,(H2,5,8,10). The number of hydrogen-bond donors (Lipinski definition) is 3. The van der Waals surface area contributed by atoms with E-state index in [0.29, 0.717) is 5.82 Å². The van der Waals surface area contributed by atoms with E-state index in [9.17, 15) is 0 Å². The molecule has 6 heteroatoms. The first-order valence-corrected chi connectivity index (χ1v) is 2.92. The summed E-state index contributed by atoms with van der Waals surface area (Å²) in [6, 6.07) is 1.44. The summed E-state index contributed by atoms with van der Waals surface area (Å²) < 4.78 is 1.27. The summed E-state index contributed by atoms with van der Waals surface area (Å²) >= 11 is 4.70. The maximum absolute atomic E-state index is 5.37. The predicted octanol–water partition coefficient (Wildman–Crippen LogP) is -0.509. The summed E-state index contributed by atoms with van der Waals surface area (Å²) in [7, 11) is 0. The van der Waals surface area contributed by atoms with Gasteiger partial charge in [-0.05, 0) is 12.2 Å². The Morgan fingerprint density at radius 2 is 2.10 bits per heavy atom. The van der Waals surface area contributed by atoms with Gasteiger partial charge in [0.15, 0.2) is 0 Å². The Kier molecular flexibility index (Phi) is 1.46. The maximum Gasteiger partial charge on any atom is 0.221 e. The highest BCUT2D eigenvalue weighted by Crippen LogP contribution is 2.02. The van der Waals surface area contributed by atoms with Gasteiger partial charge in [-0.25, -0.2) is 9.66 Å². The molecule has 1 aromatic heterocycles. The van der Waals surface area contributed by atoms with Gasteiger partial charge < -0.3 is 17.3 Å². The van der Waals surface area contributed by atoms with Gasteiger partial charge in [0.1, 0.15) is 11.6 Å². The van der Waals surface area contributed by atoms with Crippen molar-refractivity contribution in [2.45, 2.75) is 0 Å². The zero-order valence-corrected chi connectivity index (χ0v) is 5.93. The molecule has 0 aromatic carbocycles. The molecule has 0 saturated carbocycles. The minimum absolute atomic E-state index is 0.178. The molecule has 0 aliphatic rings. The van der Waals surface area contributed by atoms with Crippen molar-refractivity contribution in [3.63, 3.8) is 0 Å². The molecule has 1 heterocycles. The summed E-state index contributed by atoms with van der Waals surface area (Å²) in [5.74, 6) is 5.91. The van der Waals surface area contributed by atoms with Crippen molar-refractivity contribution in [2.75, 3.05) is 17.3 Å². The van der Waals surface area contributed by atoms with Gasteiger partial charge in [-0.15, -0.1) is 0 Å². The lowest BCUT2D eigenvalue weighted by atomic mass is 10.5. The third-order valence-electron chi connectivity index (χ3n) is 1.00. The summed E-state index contributed by atoms with van der Waals surface area (Å²) in [6.07, 6.45) is 0. The van der Waals surface area contributed by atoms with E-state index in [2.05, 4.69) is 4.98 Å². The highest BCUT2D eigenvalue weighted by atomic mass is 32.1. The van der Waals surface area contributed by atoms with Crippen LogP contribution >= 0.6 is 12.2 Å².